The van der Waals surface area contributed by atoms with E-state index >= 15 is 0 Å². The van der Waals surface area contributed by atoms with Crippen molar-refractivity contribution in [3.8, 4) is 0 Å². The quantitative estimate of drug-likeness (QED) is 0.853. The summed E-state index contributed by atoms with van der Waals surface area (Å²) in [6.07, 6.45) is 1.54. The minimum Gasteiger partial charge on any atom is -0.345 e. The SMILES string of the molecule is Cc1ccc2c(n1)SC(Nc1ccccc1)=N/C2=C\C(=O)N(C)C. The number of nitrogens with zero attached hydrogens (tertiary/aromatic N) is 3. The van der Waals surface area contributed by atoms with E-state index in [9.17, 15) is 4.79 Å². The summed E-state index contributed by atoms with van der Waals surface area (Å²) in [5.41, 5.74) is 3.37. The minimum atomic E-state index is -0.105. The molecule has 1 aromatic carbocycles. The second-order valence-electron chi connectivity index (χ2n) is 5.58. The van der Waals surface area contributed by atoms with Gasteiger partial charge in [0, 0.05) is 37.1 Å². The van der Waals surface area contributed by atoms with Crippen LogP contribution in [0.15, 0.2) is 58.6 Å². The zero-order chi connectivity index (χ0) is 17.1. The molecule has 24 heavy (non-hydrogen) atoms. The van der Waals surface area contributed by atoms with Crippen molar-refractivity contribution in [3.63, 3.8) is 0 Å². The van der Waals surface area contributed by atoms with Crippen molar-refractivity contribution in [1.82, 2.24) is 9.88 Å². The van der Waals surface area contributed by atoms with E-state index in [2.05, 4.69) is 15.3 Å². The molecule has 1 N–H and O–H groups in total. The van der Waals surface area contributed by atoms with Gasteiger partial charge in [0.25, 0.3) is 0 Å². The standard InChI is InChI=1S/C18H18N4OS/c1-12-9-10-14-15(11-16(23)22(2)3)21-18(24-17(14)19-12)20-13-7-5-4-6-8-13/h4-11H,1-3H3,(H,20,21)/b15-11-. The molecule has 1 aliphatic rings. The zero-order valence-corrected chi connectivity index (χ0v) is 14.6. The number of aromatic nitrogens is 1. The Morgan fingerprint density at radius 3 is 2.62 bits per heavy atom. The van der Waals surface area contributed by atoms with Crippen LogP contribution in [0.5, 0.6) is 0 Å². The first-order valence-electron chi connectivity index (χ1n) is 7.52. The average molecular weight is 338 g/mol. The van der Waals surface area contributed by atoms with Crippen molar-refractivity contribution in [1.29, 1.82) is 0 Å². The molecule has 0 saturated heterocycles. The second kappa shape index (κ2) is 6.88. The van der Waals surface area contributed by atoms with Gasteiger partial charge < -0.3 is 10.2 Å². The number of pyridine rings is 1. The van der Waals surface area contributed by atoms with Gasteiger partial charge in [0.1, 0.15) is 5.03 Å². The second-order valence-corrected chi connectivity index (χ2v) is 6.56. The van der Waals surface area contributed by atoms with Gasteiger partial charge in [-0.15, -0.1) is 0 Å². The van der Waals surface area contributed by atoms with E-state index in [0.717, 1.165) is 22.0 Å². The number of benzene rings is 1. The number of anilines is 1. The molecule has 0 aliphatic carbocycles. The van der Waals surface area contributed by atoms with Crippen LogP contribution >= 0.6 is 11.8 Å². The number of amidine groups is 1. The summed E-state index contributed by atoms with van der Waals surface area (Å²) in [6, 6.07) is 13.7. The van der Waals surface area contributed by atoms with Gasteiger partial charge in [-0.3, -0.25) is 4.79 Å². The Hall–Kier alpha value is -2.60. The Kier molecular flexibility index (Phi) is 4.66. The van der Waals surface area contributed by atoms with Crippen molar-refractivity contribution < 1.29 is 4.79 Å². The number of amides is 1. The van der Waals surface area contributed by atoms with E-state index in [1.165, 1.54) is 16.7 Å². The van der Waals surface area contributed by atoms with Crippen LogP contribution in [0.1, 0.15) is 11.3 Å². The monoisotopic (exact) mass is 338 g/mol. The topological polar surface area (TPSA) is 57.6 Å². The maximum Gasteiger partial charge on any atom is 0.248 e. The Bertz CT molecular complexity index is 828. The summed E-state index contributed by atoms with van der Waals surface area (Å²) in [5, 5.41) is 4.83. The largest absolute Gasteiger partial charge is 0.345 e. The highest BCUT2D eigenvalue weighted by atomic mass is 32.2. The first-order valence-corrected chi connectivity index (χ1v) is 8.34. The lowest BCUT2D eigenvalue weighted by Gasteiger charge is -2.19. The molecule has 3 rings (SSSR count). The molecule has 2 aromatic rings. The molecule has 2 heterocycles. The Morgan fingerprint density at radius 1 is 1.17 bits per heavy atom. The van der Waals surface area contributed by atoms with Crippen LogP contribution in [0, 0.1) is 6.92 Å². The predicted octanol–water partition coefficient (Wildman–Crippen LogP) is 3.39. The fourth-order valence-corrected chi connectivity index (χ4v) is 3.11. The fourth-order valence-electron chi connectivity index (χ4n) is 2.14. The van der Waals surface area contributed by atoms with E-state index in [-0.39, 0.29) is 5.91 Å². The molecule has 0 unspecified atom stereocenters. The minimum absolute atomic E-state index is 0.105. The molecule has 0 atom stereocenters. The molecular weight excluding hydrogens is 320 g/mol. The van der Waals surface area contributed by atoms with Gasteiger partial charge in [-0.1, -0.05) is 18.2 Å². The number of carbonyl (C=O) groups is 1. The molecule has 0 saturated carbocycles. The lowest BCUT2D eigenvalue weighted by Crippen LogP contribution is -2.20. The van der Waals surface area contributed by atoms with Crippen LogP contribution in [0.25, 0.3) is 5.70 Å². The van der Waals surface area contributed by atoms with Crippen LogP contribution in [-0.2, 0) is 4.79 Å². The highest BCUT2D eigenvalue weighted by Gasteiger charge is 2.20. The molecule has 1 aromatic heterocycles. The molecule has 0 spiro atoms. The van der Waals surface area contributed by atoms with Crippen LogP contribution in [0.4, 0.5) is 5.69 Å². The van der Waals surface area contributed by atoms with Crippen molar-refractivity contribution in [3.05, 3.63) is 59.8 Å². The van der Waals surface area contributed by atoms with Gasteiger partial charge in [-0.25, -0.2) is 9.98 Å². The molecule has 0 bridgehead atoms. The van der Waals surface area contributed by atoms with Gasteiger partial charge in [0.15, 0.2) is 5.17 Å². The number of nitrogens with one attached hydrogen (secondary N) is 1. The number of hydrogen-bond donors (Lipinski definition) is 1. The molecule has 0 fully saturated rings. The van der Waals surface area contributed by atoms with Crippen molar-refractivity contribution in [2.24, 2.45) is 4.99 Å². The Labute approximate surface area is 145 Å². The smallest absolute Gasteiger partial charge is 0.248 e. The maximum absolute atomic E-state index is 12.1. The third-order valence-electron chi connectivity index (χ3n) is 3.42. The predicted molar refractivity (Wildman–Crippen MR) is 99.0 cm³/mol. The van der Waals surface area contributed by atoms with Gasteiger partial charge in [0.2, 0.25) is 5.91 Å². The van der Waals surface area contributed by atoms with Crippen molar-refractivity contribution in [2.45, 2.75) is 11.9 Å². The number of thioether (sulfide) groups is 1. The number of rotatable bonds is 2. The van der Waals surface area contributed by atoms with E-state index < -0.39 is 0 Å². The third-order valence-corrected chi connectivity index (χ3v) is 4.31. The molecule has 5 nitrogen and oxygen atoms in total. The van der Waals surface area contributed by atoms with Gasteiger partial charge >= 0.3 is 0 Å². The summed E-state index contributed by atoms with van der Waals surface area (Å²) >= 11 is 1.47. The van der Waals surface area contributed by atoms with Crippen molar-refractivity contribution >= 4 is 34.2 Å². The van der Waals surface area contributed by atoms with Gasteiger partial charge in [-0.2, -0.15) is 0 Å². The molecule has 122 valence electrons. The van der Waals surface area contributed by atoms with Crippen LogP contribution in [0.2, 0.25) is 0 Å². The Morgan fingerprint density at radius 2 is 1.92 bits per heavy atom. The fraction of sp³-hybridized carbons (Fsp3) is 0.167. The molecule has 6 heteroatoms. The number of aryl methyl sites for hydroxylation is 1. The van der Waals surface area contributed by atoms with E-state index in [1.54, 1.807) is 20.2 Å². The van der Waals surface area contributed by atoms with Crippen molar-refractivity contribution in [2.75, 3.05) is 19.4 Å². The number of fused-ring (bicyclic) bond motifs is 1. The molecule has 0 radical (unpaired) electrons. The lowest BCUT2D eigenvalue weighted by atomic mass is 10.2. The normalized spacial score (nSPS) is 14.8. The summed E-state index contributed by atoms with van der Waals surface area (Å²) in [6.45, 7) is 1.95. The molecule has 1 amide bonds. The van der Waals surface area contributed by atoms with Gasteiger partial charge in [-0.05, 0) is 43.0 Å². The maximum atomic E-state index is 12.1. The summed E-state index contributed by atoms with van der Waals surface area (Å²) in [4.78, 5) is 22.8. The number of carbonyl (C=O) groups excluding carboxylic acids is 1. The highest BCUT2D eigenvalue weighted by Crippen LogP contribution is 2.34. The van der Waals surface area contributed by atoms with Crippen LogP contribution < -0.4 is 5.32 Å². The van der Waals surface area contributed by atoms with Gasteiger partial charge in [0.05, 0.1) is 5.70 Å². The van der Waals surface area contributed by atoms with E-state index in [4.69, 9.17) is 0 Å². The first-order chi connectivity index (χ1) is 11.5. The first kappa shape index (κ1) is 16.3. The average Bonchev–Trinajstić information content (AvgIpc) is 2.55. The molecular formula is C18H18N4OS. The number of likely N-dealkylation sites (N-methyl/N-ethyl adjacent to an activating group) is 1. The summed E-state index contributed by atoms with van der Waals surface area (Å²) in [5.74, 6) is -0.105. The van der Waals surface area contributed by atoms with E-state index in [1.807, 2.05) is 49.4 Å². The third kappa shape index (κ3) is 3.65. The molecule has 1 aliphatic heterocycles. The van der Waals surface area contributed by atoms with E-state index in [0.29, 0.717) is 10.9 Å². The number of aliphatic imine (C=N–C) groups is 1. The number of para-hydroxylation sites is 1. The number of hydrogen-bond acceptors (Lipinski definition) is 5. The van der Waals surface area contributed by atoms with Crippen LogP contribution in [-0.4, -0.2) is 35.1 Å². The zero-order valence-electron chi connectivity index (χ0n) is 13.8. The van der Waals surface area contributed by atoms with Crippen LogP contribution in [0.3, 0.4) is 0 Å². The summed E-state index contributed by atoms with van der Waals surface area (Å²) in [7, 11) is 3.44. The summed E-state index contributed by atoms with van der Waals surface area (Å²) < 4.78 is 0. The lowest BCUT2D eigenvalue weighted by molar-refractivity contribution is -0.123. The highest BCUT2D eigenvalue weighted by molar-refractivity contribution is 8.14. The Balaban J connectivity index is 1.99.